The summed E-state index contributed by atoms with van der Waals surface area (Å²) in [4.78, 5) is 18.7. The van der Waals surface area contributed by atoms with Crippen LogP contribution in [0, 0.1) is 0 Å². The molecule has 0 aliphatic heterocycles. The van der Waals surface area contributed by atoms with Gasteiger partial charge < -0.3 is 32.4 Å². The number of hydrogen-bond donors (Lipinski definition) is 6. The maximum Gasteiger partial charge on any atom is 0.237 e. The minimum atomic E-state index is -0.537. The molecule has 0 saturated heterocycles. The number of aromatic amines is 1. The second-order valence-electron chi connectivity index (χ2n) is 5.88. The summed E-state index contributed by atoms with van der Waals surface area (Å²) in [5.41, 5.74) is 12.2. The van der Waals surface area contributed by atoms with Crippen LogP contribution in [0.2, 0.25) is 0 Å². The van der Waals surface area contributed by atoms with E-state index in [1.165, 1.54) is 0 Å². The topological polar surface area (TPSA) is 134 Å². The minimum Gasteiger partial charge on any atom is -0.355 e. The highest BCUT2D eigenvalue weighted by Gasteiger charge is 2.13. The maximum absolute atomic E-state index is 11.8. The number of imidazole rings is 1. The van der Waals surface area contributed by atoms with E-state index in [4.69, 9.17) is 11.5 Å². The molecule has 0 bridgehead atoms. The van der Waals surface area contributed by atoms with Crippen LogP contribution in [0.15, 0.2) is 12.5 Å². The van der Waals surface area contributed by atoms with Crippen LogP contribution in [-0.2, 0) is 11.2 Å². The van der Waals surface area contributed by atoms with E-state index in [2.05, 4.69) is 25.9 Å². The highest BCUT2D eigenvalue weighted by molar-refractivity contribution is 5.81. The highest BCUT2D eigenvalue weighted by Crippen LogP contribution is 1.96. The lowest BCUT2D eigenvalue weighted by Gasteiger charge is -2.11. The molecule has 1 heterocycles. The first-order valence-electron chi connectivity index (χ1n) is 8.86. The molecule has 1 amide bonds. The van der Waals surface area contributed by atoms with Gasteiger partial charge >= 0.3 is 0 Å². The first kappa shape index (κ1) is 20.6. The van der Waals surface area contributed by atoms with E-state index in [9.17, 15) is 4.79 Å². The van der Waals surface area contributed by atoms with Crippen molar-refractivity contribution in [2.45, 2.75) is 38.1 Å². The fraction of sp³-hybridized carbons (Fsp3) is 0.750. The summed E-state index contributed by atoms with van der Waals surface area (Å²) >= 11 is 0. The lowest BCUT2D eigenvalue weighted by molar-refractivity contribution is -0.122. The minimum absolute atomic E-state index is 0.117. The van der Waals surface area contributed by atoms with Crippen LogP contribution in [0.5, 0.6) is 0 Å². The zero-order valence-corrected chi connectivity index (χ0v) is 14.5. The Morgan fingerprint density at radius 3 is 2.38 bits per heavy atom. The number of rotatable bonds is 15. The number of nitrogens with one attached hydrogen (secondary N) is 4. The van der Waals surface area contributed by atoms with Gasteiger partial charge in [0.2, 0.25) is 5.91 Å². The third kappa shape index (κ3) is 10.3. The zero-order valence-electron chi connectivity index (χ0n) is 14.5. The van der Waals surface area contributed by atoms with E-state index in [1.54, 1.807) is 12.5 Å². The molecular formula is C16H33N7O. The average Bonchev–Trinajstić information content (AvgIpc) is 3.08. The van der Waals surface area contributed by atoms with Crippen LogP contribution in [0.1, 0.15) is 31.4 Å². The number of carbonyl (C=O) groups excluding carboxylic acids is 1. The molecule has 8 nitrogen and oxygen atoms in total. The summed E-state index contributed by atoms with van der Waals surface area (Å²) in [5, 5.41) is 9.61. The van der Waals surface area contributed by atoms with E-state index < -0.39 is 6.04 Å². The van der Waals surface area contributed by atoms with Crippen molar-refractivity contribution in [1.82, 2.24) is 25.9 Å². The Hall–Kier alpha value is -1.48. The van der Waals surface area contributed by atoms with Crippen LogP contribution >= 0.6 is 0 Å². The van der Waals surface area contributed by atoms with E-state index in [0.717, 1.165) is 64.1 Å². The monoisotopic (exact) mass is 339 g/mol. The molecule has 138 valence electrons. The number of hydrogen-bond acceptors (Lipinski definition) is 6. The first-order valence-corrected chi connectivity index (χ1v) is 8.86. The van der Waals surface area contributed by atoms with E-state index in [0.29, 0.717) is 13.0 Å². The Morgan fingerprint density at radius 1 is 1.08 bits per heavy atom. The number of H-pyrrole nitrogens is 1. The number of nitrogens with zero attached hydrogens (tertiary/aromatic N) is 1. The maximum atomic E-state index is 11.8. The molecule has 1 atom stereocenters. The van der Waals surface area contributed by atoms with Gasteiger partial charge in [-0.2, -0.15) is 0 Å². The van der Waals surface area contributed by atoms with Gasteiger partial charge in [0.05, 0.1) is 12.4 Å². The highest BCUT2D eigenvalue weighted by atomic mass is 16.2. The number of unbranched alkanes of at least 4 members (excludes halogenated alkanes) is 1. The fourth-order valence-electron chi connectivity index (χ4n) is 2.26. The Bertz CT molecular complexity index is 411. The van der Waals surface area contributed by atoms with Gasteiger partial charge in [0, 0.05) is 24.9 Å². The van der Waals surface area contributed by atoms with Crippen molar-refractivity contribution in [3.63, 3.8) is 0 Å². The van der Waals surface area contributed by atoms with Crippen molar-refractivity contribution in [3.05, 3.63) is 18.2 Å². The quantitative estimate of drug-likeness (QED) is 0.229. The Balaban J connectivity index is 1.86. The molecule has 0 radical (unpaired) electrons. The second kappa shape index (κ2) is 13.9. The molecule has 1 aromatic heterocycles. The van der Waals surface area contributed by atoms with Crippen molar-refractivity contribution in [2.75, 3.05) is 39.3 Å². The van der Waals surface area contributed by atoms with Crippen LogP contribution < -0.4 is 27.4 Å². The van der Waals surface area contributed by atoms with Crippen molar-refractivity contribution >= 4 is 5.91 Å². The molecule has 0 unspecified atom stereocenters. The molecule has 1 rings (SSSR count). The van der Waals surface area contributed by atoms with Crippen LogP contribution in [-0.4, -0.2) is 61.2 Å². The lowest BCUT2D eigenvalue weighted by atomic mass is 10.1. The van der Waals surface area contributed by atoms with Gasteiger partial charge in [-0.1, -0.05) is 0 Å². The van der Waals surface area contributed by atoms with Crippen molar-refractivity contribution in [1.29, 1.82) is 0 Å². The first-order chi connectivity index (χ1) is 11.7. The standard InChI is InChI=1S/C16H33N7O/c17-5-3-8-19-6-1-2-7-20-9-4-10-22-16(24)15(18)11-14-12-21-13-23-14/h12-13,15,19-20H,1-11,17-18H2,(H,21,23)(H,22,24)/t15-/m1/s1. The van der Waals surface area contributed by atoms with Gasteiger partial charge in [0.25, 0.3) is 0 Å². The number of aromatic nitrogens is 2. The predicted octanol–water partition coefficient (Wildman–Crippen LogP) is -0.906. The van der Waals surface area contributed by atoms with Crippen LogP contribution in [0.3, 0.4) is 0 Å². The van der Waals surface area contributed by atoms with Gasteiger partial charge in [-0.15, -0.1) is 0 Å². The zero-order chi connectivity index (χ0) is 17.5. The normalized spacial score (nSPS) is 12.2. The van der Waals surface area contributed by atoms with E-state index in [1.807, 2.05) is 0 Å². The van der Waals surface area contributed by atoms with Gasteiger partial charge in [-0.3, -0.25) is 4.79 Å². The van der Waals surface area contributed by atoms with Crippen molar-refractivity contribution in [3.8, 4) is 0 Å². The van der Waals surface area contributed by atoms with Gasteiger partial charge in [0.1, 0.15) is 0 Å². The molecule has 1 aromatic rings. The van der Waals surface area contributed by atoms with E-state index in [-0.39, 0.29) is 5.91 Å². The Labute approximate surface area is 144 Å². The molecule has 0 aliphatic carbocycles. The third-order valence-corrected chi connectivity index (χ3v) is 3.68. The largest absolute Gasteiger partial charge is 0.355 e. The molecule has 0 aliphatic rings. The molecular weight excluding hydrogens is 306 g/mol. The van der Waals surface area contributed by atoms with Crippen LogP contribution in [0.4, 0.5) is 0 Å². The molecule has 0 spiro atoms. The molecule has 0 fully saturated rings. The lowest BCUT2D eigenvalue weighted by Crippen LogP contribution is -2.42. The summed E-state index contributed by atoms with van der Waals surface area (Å²) in [6.45, 7) is 5.35. The number of amides is 1. The van der Waals surface area contributed by atoms with Gasteiger partial charge in [0.15, 0.2) is 0 Å². The summed E-state index contributed by atoms with van der Waals surface area (Å²) < 4.78 is 0. The third-order valence-electron chi connectivity index (χ3n) is 3.68. The smallest absolute Gasteiger partial charge is 0.237 e. The summed E-state index contributed by atoms with van der Waals surface area (Å²) in [6, 6.07) is -0.537. The fourth-order valence-corrected chi connectivity index (χ4v) is 2.26. The summed E-state index contributed by atoms with van der Waals surface area (Å²) in [6.07, 6.45) is 8.00. The van der Waals surface area contributed by atoms with Crippen molar-refractivity contribution < 1.29 is 4.79 Å². The number of nitrogens with two attached hydrogens (primary N) is 2. The van der Waals surface area contributed by atoms with E-state index >= 15 is 0 Å². The van der Waals surface area contributed by atoms with Gasteiger partial charge in [-0.25, -0.2) is 4.98 Å². The molecule has 0 aromatic carbocycles. The summed E-state index contributed by atoms with van der Waals surface area (Å²) in [7, 11) is 0. The van der Waals surface area contributed by atoms with Crippen LogP contribution in [0.25, 0.3) is 0 Å². The SMILES string of the molecule is NCCCNCCCCNCCCNC(=O)[C@H](N)Cc1cnc[nH]1. The molecule has 8 heteroatoms. The average molecular weight is 339 g/mol. The molecule has 0 saturated carbocycles. The van der Waals surface area contributed by atoms with Crippen molar-refractivity contribution in [2.24, 2.45) is 11.5 Å². The Morgan fingerprint density at radius 2 is 1.75 bits per heavy atom. The molecule has 24 heavy (non-hydrogen) atoms. The van der Waals surface area contributed by atoms with Gasteiger partial charge in [-0.05, 0) is 58.4 Å². The number of carbonyl (C=O) groups is 1. The summed E-state index contributed by atoms with van der Waals surface area (Å²) in [5.74, 6) is -0.117. The second-order valence-corrected chi connectivity index (χ2v) is 5.88. The predicted molar refractivity (Wildman–Crippen MR) is 96.5 cm³/mol. The Kier molecular flexibility index (Phi) is 11.9. The molecule has 8 N–H and O–H groups in total.